The summed E-state index contributed by atoms with van der Waals surface area (Å²) < 4.78 is 5.87. The molecule has 1 aromatic carbocycles. The van der Waals surface area contributed by atoms with E-state index in [0.717, 1.165) is 22.4 Å². The number of hydrogen-bond donors (Lipinski definition) is 1. The van der Waals surface area contributed by atoms with E-state index in [2.05, 4.69) is 16.4 Å². The summed E-state index contributed by atoms with van der Waals surface area (Å²) in [4.78, 5) is 4.37. The van der Waals surface area contributed by atoms with Crippen LogP contribution in [0.15, 0.2) is 59.1 Å². The third-order valence-corrected chi connectivity index (χ3v) is 3.00. The lowest BCUT2D eigenvalue weighted by atomic mass is 10.1. The molecule has 3 heteroatoms. The van der Waals surface area contributed by atoms with Gasteiger partial charge in [-0.15, -0.1) is 0 Å². The zero-order chi connectivity index (χ0) is 12.4. The van der Waals surface area contributed by atoms with Crippen LogP contribution in [-0.4, -0.2) is 12.0 Å². The van der Waals surface area contributed by atoms with Gasteiger partial charge in [0.05, 0.1) is 5.69 Å². The van der Waals surface area contributed by atoms with Crippen LogP contribution in [0.3, 0.4) is 0 Å². The summed E-state index contributed by atoms with van der Waals surface area (Å²) in [6, 6.07) is 15.9. The molecule has 0 aliphatic carbocycles. The van der Waals surface area contributed by atoms with Crippen molar-refractivity contribution in [3.63, 3.8) is 0 Å². The Balaban J connectivity index is 2.06. The average molecular weight is 238 g/mol. The van der Waals surface area contributed by atoms with Crippen molar-refractivity contribution in [2.24, 2.45) is 0 Å². The molecule has 1 unspecified atom stereocenters. The van der Waals surface area contributed by atoms with Gasteiger partial charge in [-0.1, -0.05) is 24.3 Å². The normalized spacial score (nSPS) is 12.7. The van der Waals surface area contributed by atoms with Crippen molar-refractivity contribution in [1.29, 1.82) is 0 Å². The Labute approximate surface area is 105 Å². The van der Waals surface area contributed by atoms with Crippen LogP contribution in [0.2, 0.25) is 0 Å². The summed E-state index contributed by atoms with van der Waals surface area (Å²) in [5, 5.41) is 4.35. The Hall–Kier alpha value is -2.13. The van der Waals surface area contributed by atoms with Gasteiger partial charge < -0.3 is 9.73 Å². The number of para-hydroxylation sites is 1. The Morgan fingerprint density at radius 1 is 1.11 bits per heavy atom. The highest BCUT2D eigenvalue weighted by Crippen LogP contribution is 2.26. The van der Waals surface area contributed by atoms with Gasteiger partial charge in [0.25, 0.3) is 0 Å². The first kappa shape index (κ1) is 11.0. The van der Waals surface area contributed by atoms with Gasteiger partial charge in [0, 0.05) is 11.6 Å². The first-order valence-corrected chi connectivity index (χ1v) is 5.95. The molecule has 0 fully saturated rings. The molecule has 0 spiro atoms. The van der Waals surface area contributed by atoms with E-state index in [4.69, 9.17) is 4.42 Å². The highest BCUT2D eigenvalue weighted by Gasteiger charge is 2.17. The quantitative estimate of drug-likeness (QED) is 0.761. The number of rotatable bonds is 3. The Bertz CT molecular complexity index is 613. The maximum atomic E-state index is 5.87. The molecule has 3 aromatic rings. The van der Waals surface area contributed by atoms with Gasteiger partial charge in [-0.25, -0.2) is 0 Å². The van der Waals surface area contributed by atoms with E-state index in [9.17, 15) is 0 Å². The van der Waals surface area contributed by atoms with Crippen LogP contribution >= 0.6 is 0 Å². The van der Waals surface area contributed by atoms with E-state index in [1.165, 1.54) is 0 Å². The van der Waals surface area contributed by atoms with E-state index in [0.29, 0.717) is 0 Å². The minimum atomic E-state index is -0.0152. The zero-order valence-corrected chi connectivity index (χ0v) is 10.1. The average Bonchev–Trinajstić information content (AvgIpc) is 2.84. The first-order valence-electron chi connectivity index (χ1n) is 5.95. The second kappa shape index (κ2) is 4.63. The predicted octanol–water partition coefficient (Wildman–Crippen LogP) is 3.14. The molecule has 1 atom stereocenters. The standard InChI is InChI=1S/C15H14N2O/c1-16-15(12-7-4-5-9-17-12)14-10-11-6-2-3-8-13(11)18-14/h2-10,15-16H,1H3. The number of pyridine rings is 1. The topological polar surface area (TPSA) is 38.1 Å². The first-order chi connectivity index (χ1) is 8.88. The number of furan rings is 1. The molecule has 90 valence electrons. The third-order valence-electron chi connectivity index (χ3n) is 3.00. The molecule has 18 heavy (non-hydrogen) atoms. The number of hydrogen-bond acceptors (Lipinski definition) is 3. The fraction of sp³-hybridized carbons (Fsp3) is 0.133. The lowest BCUT2D eigenvalue weighted by molar-refractivity contribution is 0.486. The van der Waals surface area contributed by atoms with Gasteiger partial charge in [-0.05, 0) is 31.3 Å². The number of benzene rings is 1. The van der Waals surface area contributed by atoms with E-state index in [-0.39, 0.29) is 6.04 Å². The highest BCUT2D eigenvalue weighted by atomic mass is 16.3. The van der Waals surface area contributed by atoms with Crippen LogP contribution in [0.5, 0.6) is 0 Å². The lowest BCUT2D eigenvalue weighted by Gasteiger charge is -2.12. The van der Waals surface area contributed by atoms with Gasteiger partial charge in [0.2, 0.25) is 0 Å². The van der Waals surface area contributed by atoms with Crippen LogP contribution < -0.4 is 5.32 Å². The summed E-state index contributed by atoms with van der Waals surface area (Å²) >= 11 is 0. The van der Waals surface area contributed by atoms with Gasteiger partial charge in [-0.2, -0.15) is 0 Å². The van der Waals surface area contributed by atoms with Crippen molar-refractivity contribution in [3.05, 3.63) is 66.2 Å². The third kappa shape index (κ3) is 1.89. The number of nitrogens with one attached hydrogen (secondary N) is 1. The summed E-state index contributed by atoms with van der Waals surface area (Å²) in [6.45, 7) is 0. The fourth-order valence-electron chi connectivity index (χ4n) is 2.13. The Morgan fingerprint density at radius 3 is 2.67 bits per heavy atom. The zero-order valence-electron chi connectivity index (χ0n) is 10.1. The monoisotopic (exact) mass is 238 g/mol. The molecule has 2 heterocycles. The number of nitrogens with zero attached hydrogens (tertiary/aromatic N) is 1. The van der Waals surface area contributed by atoms with Gasteiger partial charge in [0.1, 0.15) is 17.4 Å². The van der Waals surface area contributed by atoms with Gasteiger partial charge >= 0.3 is 0 Å². The van der Waals surface area contributed by atoms with Crippen molar-refractivity contribution in [2.45, 2.75) is 6.04 Å². The van der Waals surface area contributed by atoms with E-state index >= 15 is 0 Å². The number of fused-ring (bicyclic) bond motifs is 1. The highest BCUT2D eigenvalue weighted by molar-refractivity contribution is 5.77. The fourth-order valence-corrected chi connectivity index (χ4v) is 2.13. The molecule has 1 N–H and O–H groups in total. The van der Waals surface area contributed by atoms with Crippen LogP contribution in [0.1, 0.15) is 17.5 Å². The van der Waals surface area contributed by atoms with E-state index in [1.54, 1.807) is 6.20 Å². The van der Waals surface area contributed by atoms with E-state index in [1.807, 2.05) is 49.5 Å². The molecular weight excluding hydrogens is 224 g/mol. The molecule has 0 saturated carbocycles. The SMILES string of the molecule is CNC(c1ccccn1)c1cc2ccccc2o1. The molecule has 3 nitrogen and oxygen atoms in total. The molecule has 3 rings (SSSR count). The van der Waals surface area contributed by atoms with Crippen LogP contribution in [0.4, 0.5) is 0 Å². The molecule has 0 bridgehead atoms. The molecule has 2 aromatic heterocycles. The Kier molecular flexibility index (Phi) is 2.82. The van der Waals surface area contributed by atoms with Crippen LogP contribution in [0, 0.1) is 0 Å². The van der Waals surface area contributed by atoms with Crippen molar-refractivity contribution in [1.82, 2.24) is 10.3 Å². The van der Waals surface area contributed by atoms with Crippen molar-refractivity contribution in [3.8, 4) is 0 Å². The number of aromatic nitrogens is 1. The van der Waals surface area contributed by atoms with Gasteiger partial charge in [-0.3, -0.25) is 4.98 Å². The molecule has 0 amide bonds. The predicted molar refractivity (Wildman–Crippen MR) is 71.4 cm³/mol. The molecular formula is C15H14N2O. The minimum absolute atomic E-state index is 0.0152. The largest absolute Gasteiger partial charge is 0.459 e. The van der Waals surface area contributed by atoms with Crippen molar-refractivity contribution < 1.29 is 4.42 Å². The molecule has 0 radical (unpaired) electrons. The van der Waals surface area contributed by atoms with Crippen LogP contribution in [-0.2, 0) is 0 Å². The summed E-state index contributed by atoms with van der Waals surface area (Å²) in [7, 11) is 1.91. The maximum absolute atomic E-state index is 5.87. The smallest absolute Gasteiger partial charge is 0.134 e. The molecule has 0 aliphatic rings. The summed E-state index contributed by atoms with van der Waals surface area (Å²) in [5.41, 5.74) is 1.86. The summed E-state index contributed by atoms with van der Waals surface area (Å²) in [5.74, 6) is 0.886. The minimum Gasteiger partial charge on any atom is -0.459 e. The van der Waals surface area contributed by atoms with Crippen molar-refractivity contribution in [2.75, 3.05) is 7.05 Å². The van der Waals surface area contributed by atoms with Gasteiger partial charge in [0.15, 0.2) is 0 Å². The maximum Gasteiger partial charge on any atom is 0.134 e. The second-order valence-corrected chi connectivity index (χ2v) is 4.16. The lowest BCUT2D eigenvalue weighted by Crippen LogP contribution is -2.18. The Morgan fingerprint density at radius 2 is 1.94 bits per heavy atom. The summed E-state index contributed by atoms with van der Waals surface area (Å²) in [6.07, 6.45) is 1.79. The van der Waals surface area contributed by atoms with E-state index < -0.39 is 0 Å². The van der Waals surface area contributed by atoms with Crippen molar-refractivity contribution >= 4 is 11.0 Å². The second-order valence-electron chi connectivity index (χ2n) is 4.16. The molecule has 0 aliphatic heterocycles. The van der Waals surface area contributed by atoms with Crippen LogP contribution in [0.25, 0.3) is 11.0 Å². The molecule has 0 saturated heterocycles.